The molecule has 4 N–H and O–H groups in total. The molecule has 1 aromatic carbocycles. The molecule has 0 unspecified atom stereocenters. The van der Waals surface area contributed by atoms with Crippen LogP contribution >= 0.6 is 11.3 Å². The summed E-state index contributed by atoms with van der Waals surface area (Å²) in [5, 5.41) is 12.2. The van der Waals surface area contributed by atoms with Crippen LogP contribution in [0.4, 0.5) is 10.8 Å². The van der Waals surface area contributed by atoms with Crippen LogP contribution in [0, 0.1) is 6.92 Å². The molecule has 22 heavy (non-hydrogen) atoms. The fraction of sp³-hybridized carbons (Fsp3) is 0.267. The van der Waals surface area contributed by atoms with E-state index in [1.165, 1.54) is 0 Å². The Morgan fingerprint density at radius 2 is 2.14 bits per heavy atom. The highest BCUT2D eigenvalue weighted by atomic mass is 32.1. The molecule has 1 heterocycles. The van der Waals surface area contributed by atoms with E-state index in [2.05, 4.69) is 10.3 Å². The molecule has 0 saturated carbocycles. The summed E-state index contributed by atoms with van der Waals surface area (Å²) >= 11 is 0.943. The molecule has 1 amide bonds. The number of thiazole rings is 1. The molecular weight excluding hydrogens is 302 g/mol. The van der Waals surface area contributed by atoms with Crippen molar-refractivity contribution in [1.29, 1.82) is 0 Å². The van der Waals surface area contributed by atoms with Gasteiger partial charge in [-0.1, -0.05) is 30.4 Å². The van der Waals surface area contributed by atoms with Crippen molar-refractivity contribution in [3.05, 3.63) is 28.6 Å². The number of amides is 1. The van der Waals surface area contributed by atoms with E-state index in [1.54, 1.807) is 12.1 Å². The van der Waals surface area contributed by atoms with Crippen LogP contribution in [0.1, 0.15) is 35.0 Å². The van der Waals surface area contributed by atoms with Gasteiger partial charge in [0.05, 0.1) is 5.69 Å². The Kier molecular flexibility index (Phi) is 4.77. The van der Waals surface area contributed by atoms with Gasteiger partial charge in [0.1, 0.15) is 4.88 Å². The number of aromatic nitrogens is 1. The first-order valence-corrected chi connectivity index (χ1v) is 7.64. The topological polar surface area (TPSA) is 105 Å². The molecule has 0 fully saturated rings. The highest BCUT2D eigenvalue weighted by Gasteiger charge is 2.20. The number of carboxylic acid groups (broad SMARTS) is 1. The lowest BCUT2D eigenvalue weighted by molar-refractivity contribution is -0.116. The molecule has 0 aliphatic heterocycles. The van der Waals surface area contributed by atoms with Gasteiger partial charge < -0.3 is 16.2 Å². The number of aryl methyl sites for hydroxylation is 1. The molecule has 0 aliphatic carbocycles. The van der Waals surface area contributed by atoms with E-state index in [9.17, 15) is 14.7 Å². The molecule has 0 atom stereocenters. The van der Waals surface area contributed by atoms with E-state index in [0.29, 0.717) is 29.8 Å². The maximum absolute atomic E-state index is 11.6. The summed E-state index contributed by atoms with van der Waals surface area (Å²) in [6, 6.07) is 5.27. The predicted molar refractivity (Wildman–Crippen MR) is 87.2 cm³/mol. The SMILES string of the molecule is CCCC(=O)Nc1nc(-c2ccc(C)c(N)c2)c(C(=O)O)s1. The largest absolute Gasteiger partial charge is 0.477 e. The van der Waals surface area contributed by atoms with Crippen LogP contribution in [-0.2, 0) is 4.79 Å². The van der Waals surface area contributed by atoms with E-state index in [0.717, 1.165) is 16.9 Å². The zero-order chi connectivity index (χ0) is 16.3. The van der Waals surface area contributed by atoms with Gasteiger partial charge in [-0.2, -0.15) is 0 Å². The lowest BCUT2D eigenvalue weighted by Crippen LogP contribution is -2.10. The van der Waals surface area contributed by atoms with Gasteiger partial charge in [0.2, 0.25) is 5.91 Å². The van der Waals surface area contributed by atoms with Gasteiger partial charge in [-0.05, 0) is 25.0 Å². The molecule has 2 rings (SSSR count). The number of rotatable bonds is 5. The number of aromatic carboxylic acids is 1. The number of carbonyl (C=O) groups is 2. The summed E-state index contributed by atoms with van der Waals surface area (Å²) in [4.78, 5) is 27.3. The quantitative estimate of drug-likeness (QED) is 0.734. The third-order valence-corrected chi connectivity index (χ3v) is 4.06. The number of nitrogens with one attached hydrogen (secondary N) is 1. The monoisotopic (exact) mass is 319 g/mol. The van der Waals surface area contributed by atoms with Gasteiger partial charge in [0.15, 0.2) is 5.13 Å². The average molecular weight is 319 g/mol. The molecule has 7 heteroatoms. The predicted octanol–water partition coefficient (Wildman–Crippen LogP) is 3.14. The molecule has 2 aromatic rings. The zero-order valence-corrected chi connectivity index (χ0v) is 13.2. The van der Waals surface area contributed by atoms with E-state index in [1.807, 2.05) is 19.9 Å². The van der Waals surface area contributed by atoms with Gasteiger partial charge >= 0.3 is 5.97 Å². The number of carboxylic acids is 1. The number of nitrogen functional groups attached to an aromatic ring is 1. The van der Waals surface area contributed by atoms with Crippen molar-refractivity contribution in [1.82, 2.24) is 4.98 Å². The van der Waals surface area contributed by atoms with Crippen LogP contribution < -0.4 is 11.1 Å². The van der Waals surface area contributed by atoms with Gasteiger partial charge in [-0.25, -0.2) is 9.78 Å². The minimum absolute atomic E-state index is 0.0788. The second kappa shape index (κ2) is 6.57. The first kappa shape index (κ1) is 16.0. The van der Waals surface area contributed by atoms with Crippen molar-refractivity contribution in [2.24, 2.45) is 0 Å². The summed E-state index contributed by atoms with van der Waals surface area (Å²) in [5.74, 6) is -1.26. The van der Waals surface area contributed by atoms with Crippen molar-refractivity contribution in [3.63, 3.8) is 0 Å². The van der Waals surface area contributed by atoms with Crippen LogP contribution in [-0.4, -0.2) is 22.0 Å². The Bertz CT molecular complexity index is 725. The highest BCUT2D eigenvalue weighted by molar-refractivity contribution is 7.18. The first-order valence-electron chi connectivity index (χ1n) is 6.82. The molecule has 6 nitrogen and oxygen atoms in total. The minimum Gasteiger partial charge on any atom is -0.477 e. The number of anilines is 2. The van der Waals surface area contributed by atoms with Gasteiger partial charge in [-0.3, -0.25) is 4.79 Å². The summed E-state index contributed by atoms with van der Waals surface area (Å²) in [5.41, 5.74) is 8.28. The number of benzene rings is 1. The maximum atomic E-state index is 11.6. The fourth-order valence-corrected chi connectivity index (χ4v) is 2.75. The second-order valence-electron chi connectivity index (χ2n) is 4.87. The standard InChI is InChI=1S/C15H17N3O3S/c1-3-4-11(19)17-15-18-12(13(22-15)14(20)21)9-6-5-8(2)10(16)7-9/h5-7H,3-4,16H2,1-2H3,(H,20,21)(H,17,18,19). The normalized spacial score (nSPS) is 10.5. The Balaban J connectivity index is 2.41. The number of hydrogen-bond donors (Lipinski definition) is 3. The lowest BCUT2D eigenvalue weighted by atomic mass is 10.1. The number of nitrogens with zero attached hydrogens (tertiary/aromatic N) is 1. The van der Waals surface area contributed by atoms with Crippen molar-refractivity contribution in [2.75, 3.05) is 11.1 Å². The number of hydrogen-bond acceptors (Lipinski definition) is 5. The molecule has 1 aromatic heterocycles. The summed E-state index contributed by atoms with van der Waals surface area (Å²) in [6.07, 6.45) is 1.08. The number of nitrogens with two attached hydrogens (primary N) is 1. The summed E-state index contributed by atoms with van der Waals surface area (Å²) < 4.78 is 0. The van der Waals surface area contributed by atoms with Crippen LogP contribution in [0.5, 0.6) is 0 Å². The Labute approximate surface area is 132 Å². The third kappa shape index (κ3) is 3.43. The van der Waals surface area contributed by atoms with E-state index in [4.69, 9.17) is 5.73 Å². The molecule has 0 saturated heterocycles. The van der Waals surface area contributed by atoms with Crippen LogP contribution in [0.25, 0.3) is 11.3 Å². The third-order valence-electron chi connectivity index (χ3n) is 3.10. The Morgan fingerprint density at radius 3 is 2.73 bits per heavy atom. The van der Waals surface area contributed by atoms with Crippen molar-refractivity contribution in [3.8, 4) is 11.3 Å². The Hall–Kier alpha value is -2.41. The lowest BCUT2D eigenvalue weighted by Gasteiger charge is -2.03. The first-order chi connectivity index (χ1) is 10.4. The minimum atomic E-state index is -1.08. The van der Waals surface area contributed by atoms with Gasteiger partial charge in [0, 0.05) is 17.7 Å². The molecule has 0 spiro atoms. The fourth-order valence-electron chi connectivity index (χ4n) is 1.91. The van der Waals surface area contributed by atoms with Gasteiger partial charge in [0.25, 0.3) is 0 Å². The molecule has 0 bridgehead atoms. The second-order valence-corrected chi connectivity index (χ2v) is 5.87. The van der Waals surface area contributed by atoms with E-state index < -0.39 is 5.97 Å². The van der Waals surface area contributed by atoms with Crippen molar-refractivity contribution < 1.29 is 14.7 Å². The van der Waals surface area contributed by atoms with Crippen molar-refractivity contribution >= 4 is 34.0 Å². The van der Waals surface area contributed by atoms with E-state index in [-0.39, 0.29) is 15.9 Å². The highest BCUT2D eigenvalue weighted by Crippen LogP contribution is 2.32. The van der Waals surface area contributed by atoms with Gasteiger partial charge in [-0.15, -0.1) is 0 Å². The average Bonchev–Trinajstić information content (AvgIpc) is 2.86. The maximum Gasteiger partial charge on any atom is 0.348 e. The smallest absolute Gasteiger partial charge is 0.348 e. The van der Waals surface area contributed by atoms with Crippen LogP contribution in [0.15, 0.2) is 18.2 Å². The Morgan fingerprint density at radius 1 is 1.41 bits per heavy atom. The van der Waals surface area contributed by atoms with Crippen molar-refractivity contribution in [2.45, 2.75) is 26.7 Å². The summed E-state index contributed by atoms with van der Waals surface area (Å²) in [6.45, 7) is 3.76. The number of carbonyl (C=O) groups excluding carboxylic acids is 1. The van der Waals surface area contributed by atoms with Crippen LogP contribution in [0.3, 0.4) is 0 Å². The summed E-state index contributed by atoms with van der Waals surface area (Å²) in [7, 11) is 0. The van der Waals surface area contributed by atoms with E-state index >= 15 is 0 Å². The van der Waals surface area contributed by atoms with Crippen LogP contribution in [0.2, 0.25) is 0 Å². The molecule has 0 aliphatic rings. The zero-order valence-electron chi connectivity index (χ0n) is 12.3. The molecule has 116 valence electrons. The molecule has 0 radical (unpaired) electrons. The molecular formula is C15H17N3O3S.